The number of hydrogen-bond donors (Lipinski definition) is 4. The molecule has 2 rings (SSSR count). The van der Waals surface area contributed by atoms with Gasteiger partial charge in [-0.05, 0) is 37.5 Å². The lowest BCUT2D eigenvalue weighted by atomic mass is 9.78. The molecule has 1 heterocycles. The number of allylic oxidation sites excluding steroid dienone is 4. The third-order valence-corrected chi connectivity index (χ3v) is 9.64. The Labute approximate surface area is 246 Å². The van der Waals surface area contributed by atoms with Gasteiger partial charge in [-0.2, -0.15) is 0 Å². The molecule has 0 unspecified atom stereocenters. The van der Waals surface area contributed by atoms with Crippen molar-refractivity contribution in [2.24, 2.45) is 59.0 Å². The van der Waals surface area contributed by atoms with Gasteiger partial charge in [0.1, 0.15) is 12.2 Å². The van der Waals surface area contributed by atoms with E-state index >= 15 is 0 Å². The van der Waals surface area contributed by atoms with Crippen molar-refractivity contribution in [2.75, 3.05) is 0 Å². The summed E-state index contributed by atoms with van der Waals surface area (Å²) < 4.78 is 11.0. The highest BCUT2D eigenvalue weighted by Gasteiger charge is 2.45. The van der Waals surface area contributed by atoms with Crippen molar-refractivity contribution in [3.8, 4) is 0 Å². The molecule has 8 heteroatoms. The lowest BCUT2D eigenvalue weighted by molar-refractivity contribution is -0.176. The zero-order chi connectivity index (χ0) is 31.2. The van der Waals surface area contributed by atoms with Crippen LogP contribution in [0.4, 0.5) is 4.79 Å². The summed E-state index contributed by atoms with van der Waals surface area (Å²) in [5.74, 6) is -1.80. The van der Waals surface area contributed by atoms with E-state index in [1.807, 2.05) is 60.6 Å². The predicted octanol–water partition coefficient (Wildman–Crippen LogP) is 4.79. The van der Waals surface area contributed by atoms with Gasteiger partial charge in [0.15, 0.2) is 0 Å². The highest BCUT2D eigenvalue weighted by Crippen LogP contribution is 2.46. The number of cyclic esters (lactones) is 1. The summed E-state index contributed by atoms with van der Waals surface area (Å²) in [6.45, 7) is 19.1. The number of hydrogen-bond acceptors (Lipinski definition) is 7. The van der Waals surface area contributed by atoms with Gasteiger partial charge in [0.25, 0.3) is 0 Å². The minimum Gasteiger partial charge on any atom is -0.461 e. The maximum Gasteiger partial charge on any atom is 0.404 e. The number of primary amides is 1. The lowest BCUT2D eigenvalue weighted by Gasteiger charge is -2.36. The molecule has 2 fully saturated rings. The molecular weight excluding hydrogens is 522 g/mol. The maximum atomic E-state index is 12.1. The number of amides is 1. The van der Waals surface area contributed by atoms with Crippen LogP contribution in [0.3, 0.4) is 0 Å². The van der Waals surface area contributed by atoms with Gasteiger partial charge < -0.3 is 30.5 Å². The van der Waals surface area contributed by atoms with E-state index in [0.29, 0.717) is 6.42 Å². The molecule has 232 valence electrons. The molecule has 2 aliphatic rings. The van der Waals surface area contributed by atoms with Crippen molar-refractivity contribution < 1.29 is 34.4 Å². The zero-order valence-electron chi connectivity index (χ0n) is 26.0. The third kappa shape index (κ3) is 8.33. The number of esters is 1. The summed E-state index contributed by atoms with van der Waals surface area (Å²) in [6, 6.07) is 0. The molecule has 8 nitrogen and oxygen atoms in total. The van der Waals surface area contributed by atoms with E-state index in [0.717, 1.165) is 5.57 Å². The monoisotopic (exact) mass is 575 g/mol. The molecule has 1 saturated carbocycles. The van der Waals surface area contributed by atoms with Gasteiger partial charge >= 0.3 is 12.1 Å². The first-order chi connectivity index (χ1) is 19.1. The van der Waals surface area contributed by atoms with Crippen molar-refractivity contribution in [3.63, 3.8) is 0 Å². The first kappa shape index (κ1) is 34.8. The SMILES string of the molecule is C=C/C=C\[C@H](C)[C@H](OC(N)=O)[C@@H](C)[C@H](O)[C@@H](C)/C=C(\C)[C@H]1[C@H](C)[C@@H](O)[C@@H](C)[C@@H]1/C=C/C[C@@H]1OC(=O)[C@H](C)[C@@H](O)[C@H]1C. The Bertz CT molecular complexity index is 990. The Morgan fingerprint density at radius 1 is 1.07 bits per heavy atom. The van der Waals surface area contributed by atoms with Crippen LogP contribution < -0.4 is 5.73 Å². The Balaban J connectivity index is 2.22. The molecular formula is C33H53NO7. The molecule has 1 aliphatic carbocycles. The van der Waals surface area contributed by atoms with Crippen molar-refractivity contribution in [1.82, 2.24) is 0 Å². The normalized spacial score (nSPS) is 36.5. The van der Waals surface area contributed by atoms with Crippen LogP contribution in [-0.2, 0) is 14.3 Å². The molecule has 0 bridgehead atoms. The van der Waals surface area contributed by atoms with E-state index in [-0.39, 0.29) is 47.4 Å². The quantitative estimate of drug-likeness (QED) is 0.149. The molecule has 1 saturated heterocycles. The van der Waals surface area contributed by atoms with Crippen molar-refractivity contribution in [3.05, 3.63) is 48.6 Å². The summed E-state index contributed by atoms with van der Waals surface area (Å²) in [5.41, 5.74) is 6.41. The second kappa shape index (κ2) is 15.2. The molecule has 0 aromatic heterocycles. The Kier molecular flexibility index (Phi) is 12.9. The molecule has 5 N–H and O–H groups in total. The summed E-state index contributed by atoms with van der Waals surface area (Å²) in [5, 5.41) is 32.7. The van der Waals surface area contributed by atoms with Crippen molar-refractivity contribution >= 4 is 12.1 Å². The lowest BCUT2D eigenvalue weighted by Crippen LogP contribution is -2.46. The third-order valence-electron chi connectivity index (χ3n) is 9.64. The molecule has 0 aromatic rings. The summed E-state index contributed by atoms with van der Waals surface area (Å²) in [7, 11) is 0. The highest BCUT2D eigenvalue weighted by atomic mass is 16.6. The average molecular weight is 576 g/mol. The van der Waals surface area contributed by atoms with Crippen LogP contribution in [0.15, 0.2) is 48.6 Å². The minimum atomic E-state index is -0.883. The average Bonchev–Trinajstić information content (AvgIpc) is 3.14. The predicted molar refractivity (Wildman–Crippen MR) is 160 cm³/mol. The van der Waals surface area contributed by atoms with Crippen LogP contribution in [0.25, 0.3) is 0 Å². The van der Waals surface area contributed by atoms with E-state index < -0.39 is 48.4 Å². The second-order valence-corrected chi connectivity index (χ2v) is 12.6. The Morgan fingerprint density at radius 3 is 2.29 bits per heavy atom. The number of carbonyl (C=O) groups excluding carboxylic acids is 2. The first-order valence-corrected chi connectivity index (χ1v) is 15.0. The van der Waals surface area contributed by atoms with Crippen LogP contribution in [0, 0.1) is 53.3 Å². The number of ether oxygens (including phenoxy) is 2. The topological polar surface area (TPSA) is 139 Å². The molecule has 1 aliphatic heterocycles. The summed E-state index contributed by atoms with van der Waals surface area (Å²) in [4.78, 5) is 23.8. The summed E-state index contributed by atoms with van der Waals surface area (Å²) in [6.07, 6.45) is 8.03. The van der Waals surface area contributed by atoms with Gasteiger partial charge in [0.2, 0.25) is 0 Å². The van der Waals surface area contributed by atoms with E-state index in [2.05, 4.69) is 18.7 Å². The highest BCUT2D eigenvalue weighted by molar-refractivity contribution is 5.73. The van der Waals surface area contributed by atoms with E-state index in [1.54, 1.807) is 19.1 Å². The smallest absolute Gasteiger partial charge is 0.404 e. The van der Waals surface area contributed by atoms with Gasteiger partial charge in [-0.15, -0.1) is 0 Å². The molecule has 0 radical (unpaired) electrons. The molecule has 41 heavy (non-hydrogen) atoms. The maximum absolute atomic E-state index is 12.1. The fourth-order valence-corrected chi connectivity index (χ4v) is 6.91. The molecule has 1 amide bonds. The molecule has 0 spiro atoms. The largest absolute Gasteiger partial charge is 0.461 e. The van der Waals surface area contributed by atoms with Crippen molar-refractivity contribution in [2.45, 2.75) is 92.3 Å². The second-order valence-electron chi connectivity index (χ2n) is 12.6. The number of nitrogens with two attached hydrogens (primary N) is 1. The molecule has 0 aromatic carbocycles. The van der Waals surface area contributed by atoms with E-state index in [1.165, 1.54) is 0 Å². The number of rotatable bonds is 12. The van der Waals surface area contributed by atoms with E-state index in [4.69, 9.17) is 15.2 Å². The van der Waals surface area contributed by atoms with Crippen LogP contribution in [-0.4, -0.2) is 57.9 Å². The number of carbonyl (C=O) groups is 2. The first-order valence-electron chi connectivity index (χ1n) is 15.0. The minimum absolute atomic E-state index is 0.00164. The number of aliphatic hydroxyl groups is 3. The van der Waals surface area contributed by atoms with Crippen LogP contribution >= 0.6 is 0 Å². The van der Waals surface area contributed by atoms with Crippen LogP contribution in [0.5, 0.6) is 0 Å². The fraction of sp³-hybridized carbons (Fsp3) is 0.697. The van der Waals surface area contributed by atoms with Crippen LogP contribution in [0.2, 0.25) is 0 Å². The van der Waals surface area contributed by atoms with Gasteiger partial charge in [0.05, 0.1) is 24.2 Å². The van der Waals surface area contributed by atoms with E-state index in [9.17, 15) is 24.9 Å². The fourth-order valence-electron chi connectivity index (χ4n) is 6.91. The van der Waals surface area contributed by atoms with Gasteiger partial charge in [-0.25, -0.2) is 4.79 Å². The van der Waals surface area contributed by atoms with Crippen LogP contribution in [0.1, 0.15) is 61.8 Å². The molecule has 14 atom stereocenters. The summed E-state index contributed by atoms with van der Waals surface area (Å²) >= 11 is 0. The van der Waals surface area contributed by atoms with Gasteiger partial charge in [-0.1, -0.05) is 90.2 Å². The Hall–Kier alpha value is -2.42. The van der Waals surface area contributed by atoms with Gasteiger partial charge in [0, 0.05) is 30.1 Å². The van der Waals surface area contributed by atoms with Gasteiger partial charge in [-0.3, -0.25) is 4.79 Å². The number of aliphatic hydroxyl groups excluding tert-OH is 3. The Morgan fingerprint density at radius 2 is 1.71 bits per heavy atom. The van der Waals surface area contributed by atoms with Crippen molar-refractivity contribution in [1.29, 1.82) is 0 Å². The standard InChI is InChI=1S/C33H53NO7/c1-10-11-13-17(2)31(41-33(34)39)23(8)28(35)19(4)16-18(3)27-22(7)29(36)20(5)25(27)14-12-15-26-21(6)30(37)24(9)32(38)40-26/h10-14,16-17,19-31,35-37H,1,15H2,2-9H3,(H2,34,39)/b13-11-,14-12+,18-16+/t17-,19-,20-,21-,22-,23-,24+,25-,26-,27-,28+,29-,30-,31-/m0/s1. The zero-order valence-corrected chi connectivity index (χ0v) is 26.0.